The van der Waals surface area contributed by atoms with E-state index in [2.05, 4.69) is 15.9 Å². The van der Waals surface area contributed by atoms with E-state index < -0.39 is 5.54 Å². The van der Waals surface area contributed by atoms with Crippen LogP contribution in [-0.2, 0) is 16.0 Å². The molecule has 0 aromatic heterocycles. The van der Waals surface area contributed by atoms with Crippen LogP contribution in [0.3, 0.4) is 0 Å². The highest BCUT2D eigenvalue weighted by molar-refractivity contribution is 9.10. The number of carbonyl (C=O) groups is 1. The predicted octanol–water partition coefficient (Wildman–Crippen LogP) is 1.69. The molecule has 18 heavy (non-hydrogen) atoms. The normalized spacial score (nSPS) is 23.1. The summed E-state index contributed by atoms with van der Waals surface area (Å²) in [5.74, 6) is 0.700. The Morgan fingerprint density at radius 1 is 1.61 bits per heavy atom. The lowest BCUT2D eigenvalue weighted by atomic mass is 9.90. The molecule has 1 aliphatic heterocycles. The fraction of sp³-hybridized carbons (Fsp3) is 0.462. The topological polar surface area (TPSA) is 61.5 Å². The molecule has 1 unspecified atom stereocenters. The Labute approximate surface area is 115 Å². The van der Waals surface area contributed by atoms with Gasteiger partial charge in [-0.2, -0.15) is 0 Å². The second-order valence-electron chi connectivity index (χ2n) is 4.51. The number of ether oxygens (including phenoxy) is 2. The van der Waals surface area contributed by atoms with Crippen LogP contribution in [0.5, 0.6) is 5.75 Å². The van der Waals surface area contributed by atoms with Gasteiger partial charge in [0, 0.05) is 23.1 Å². The molecule has 0 saturated carbocycles. The number of hydrogen-bond donors (Lipinski definition) is 1. The molecule has 1 aromatic carbocycles. The Kier molecular flexibility index (Phi) is 4.04. The first-order chi connectivity index (χ1) is 8.55. The summed E-state index contributed by atoms with van der Waals surface area (Å²) in [5.41, 5.74) is 6.05. The van der Waals surface area contributed by atoms with E-state index >= 15 is 0 Å². The number of nitrogens with two attached hydrogens (primary N) is 1. The van der Waals surface area contributed by atoms with Gasteiger partial charge in [-0.15, -0.1) is 0 Å². The quantitative estimate of drug-likeness (QED) is 0.919. The van der Waals surface area contributed by atoms with E-state index in [9.17, 15) is 4.79 Å². The van der Waals surface area contributed by atoms with E-state index in [1.165, 1.54) is 0 Å². The number of benzene rings is 1. The Morgan fingerprint density at radius 3 is 3.00 bits per heavy atom. The first kappa shape index (κ1) is 13.5. The van der Waals surface area contributed by atoms with Crippen LogP contribution in [0.15, 0.2) is 22.7 Å². The summed E-state index contributed by atoms with van der Waals surface area (Å²) in [7, 11) is 1.59. The van der Waals surface area contributed by atoms with E-state index in [1.54, 1.807) is 7.11 Å². The molecule has 1 heterocycles. The smallest absolute Gasteiger partial charge is 0.159 e. The molecule has 4 nitrogen and oxygen atoms in total. The summed E-state index contributed by atoms with van der Waals surface area (Å²) in [5, 5.41) is 0. The monoisotopic (exact) mass is 313 g/mol. The van der Waals surface area contributed by atoms with Crippen molar-refractivity contribution in [3.63, 3.8) is 0 Å². The van der Waals surface area contributed by atoms with Gasteiger partial charge in [-0.25, -0.2) is 0 Å². The zero-order valence-electron chi connectivity index (χ0n) is 10.2. The van der Waals surface area contributed by atoms with Gasteiger partial charge in [-0.05, 0) is 24.6 Å². The van der Waals surface area contributed by atoms with Crippen molar-refractivity contribution >= 4 is 21.7 Å². The first-order valence-corrected chi connectivity index (χ1v) is 6.57. The largest absolute Gasteiger partial charge is 0.496 e. The van der Waals surface area contributed by atoms with E-state index in [4.69, 9.17) is 15.2 Å². The van der Waals surface area contributed by atoms with Crippen LogP contribution in [0.4, 0.5) is 0 Å². The highest BCUT2D eigenvalue weighted by Crippen LogP contribution is 2.26. The minimum atomic E-state index is -0.840. The zero-order valence-corrected chi connectivity index (χ0v) is 11.8. The molecule has 1 aromatic rings. The maximum Gasteiger partial charge on any atom is 0.159 e. The molecule has 1 saturated heterocycles. The van der Waals surface area contributed by atoms with Crippen LogP contribution in [0.2, 0.25) is 0 Å². The number of Topliss-reactive ketones (excluding diaryl/α,β-unsaturated/α-hetero) is 1. The van der Waals surface area contributed by atoms with Gasteiger partial charge in [0.1, 0.15) is 11.3 Å². The SMILES string of the molecule is COc1ccc(Br)cc1CC(=O)C1(N)CCOC1. The lowest BCUT2D eigenvalue weighted by molar-refractivity contribution is -0.123. The third kappa shape index (κ3) is 2.74. The lowest BCUT2D eigenvalue weighted by Gasteiger charge is -2.20. The second kappa shape index (κ2) is 5.38. The van der Waals surface area contributed by atoms with Gasteiger partial charge in [-0.1, -0.05) is 15.9 Å². The maximum atomic E-state index is 12.2. The molecule has 2 N–H and O–H groups in total. The molecular formula is C13H16BrNO3. The van der Waals surface area contributed by atoms with Gasteiger partial charge in [0.05, 0.1) is 13.7 Å². The predicted molar refractivity (Wildman–Crippen MR) is 71.8 cm³/mol. The van der Waals surface area contributed by atoms with Crippen LogP contribution in [-0.4, -0.2) is 31.6 Å². The molecule has 5 heteroatoms. The average Bonchev–Trinajstić information content (AvgIpc) is 2.78. The molecule has 1 aliphatic rings. The highest BCUT2D eigenvalue weighted by atomic mass is 79.9. The molecule has 0 aliphatic carbocycles. The molecule has 2 rings (SSSR count). The van der Waals surface area contributed by atoms with Crippen molar-refractivity contribution in [2.24, 2.45) is 5.73 Å². The molecule has 1 atom stereocenters. The summed E-state index contributed by atoms with van der Waals surface area (Å²) in [6, 6.07) is 5.60. The van der Waals surface area contributed by atoms with E-state index in [-0.39, 0.29) is 12.2 Å². The Balaban J connectivity index is 2.18. The van der Waals surface area contributed by atoms with Crippen molar-refractivity contribution in [3.8, 4) is 5.75 Å². The highest BCUT2D eigenvalue weighted by Gasteiger charge is 2.37. The number of halogens is 1. The third-order valence-corrected chi connectivity index (χ3v) is 3.69. The second-order valence-corrected chi connectivity index (χ2v) is 5.43. The molecule has 0 spiro atoms. The van der Waals surface area contributed by atoms with E-state index in [1.807, 2.05) is 18.2 Å². The van der Waals surface area contributed by atoms with Crippen molar-refractivity contribution in [2.45, 2.75) is 18.4 Å². The van der Waals surface area contributed by atoms with Crippen LogP contribution >= 0.6 is 15.9 Å². The molecular weight excluding hydrogens is 298 g/mol. The van der Waals surface area contributed by atoms with Crippen LogP contribution in [0.1, 0.15) is 12.0 Å². The summed E-state index contributed by atoms with van der Waals surface area (Å²) in [6.07, 6.45) is 0.852. The average molecular weight is 314 g/mol. The summed E-state index contributed by atoms with van der Waals surface area (Å²) < 4.78 is 11.4. The molecule has 0 amide bonds. The number of methoxy groups -OCH3 is 1. The molecule has 1 fully saturated rings. The van der Waals surface area contributed by atoms with E-state index in [0.29, 0.717) is 25.4 Å². The molecule has 0 bridgehead atoms. The minimum Gasteiger partial charge on any atom is -0.496 e. The van der Waals surface area contributed by atoms with Crippen molar-refractivity contribution in [1.82, 2.24) is 0 Å². The maximum absolute atomic E-state index is 12.2. The van der Waals surface area contributed by atoms with Crippen molar-refractivity contribution in [2.75, 3.05) is 20.3 Å². The fourth-order valence-electron chi connectivity index (χ4n) is 2.03. The number of ketones is 1. The standard InChI is InChI=1S/C13H16BrNO3/c1-17-11-3-2-10(14)6-9(11)7-12(16)13(15)4-5-18-8-13/h2-3,6H,4-5,7-8,15H2,1H3. The summed E-state index contributed by atoms with van der Waals surface area (Å²) >= 11 is 3.39. The Hall–Kier alpha value is -0.910. The first-order valence-electron chi connectivity index (χ1n) is 5.77. The van der Waals surface area contributed by atoms with E-state index in [0.717, 1.165) is 10.0 Å². The van der Waals surface area contributed by atoms with Crippen molar-refractivity contribution in [3.05, 3.63) is 28.2 Å². The van der Waals surface area contributed by atoms with Gasteiger partial charge in [-0.3, -0.25) is 4.79 Å². The van der Waals surface area contributed by atoms with Gasteiger partial charge >= 0.3 is 0 Å². The van der Waals surface area contributed by atoms with Crippen LogP contribution in [0.25, 0.3) is 0 Å². The van der Waals surface area contributed by atoms with Gasteiger partial charge < -0.3 is 15.2 Å². The number of rotatable bonds is 4. The Bertz CT molecular complexity index is 456. The van der Waals surface area contributed by atoms with Crippen LogP contribution in [0, 0.1) is 0 Å². The van der Waals surface area contributed by atoms with Crippen molar-refractivity contribution in [1.29, 1.82) is 0 Å². The Morgan fingerprint density at radius 2 is 2.39 bits per heavy atom. The molecule has 0 radical (unpaired) electrons. The fourth-order valence-corrected chi connectivity index (χ4v) is 2.44. The van der Waals surface area contributed by atoms with Gasteiger partial charge in [0.25, 0.3) is 0 Å². The van der Waals surface area contributed by atoms with Crippen LogP contribution < -0.4 is 10.5 Å². The lowest BCUT2D eigenvalue weighted by Crippen LogP contribution is -2.49. The minimum absolute atomic E-state index is 0.00333. The molecule has 98 valence electrons. The summed E-state index contributed by atoms with van der Waals surface area (Å²) in [4.78, 5) is 12.2. The van der Waals surface area contributed by atoms with Crippen molar-refractivity contribution < 1.29 is 14.3 Å². The van der Waals surface area contributed by atoms with Gasteiger partial charge in [0.15, 0.2) is 5.78 Å². The zero-order chi connectivity index (χ0) is 13.2. The van der Waals surface area contributed by atoms with Gasteiger partial charge in [0.2, 0.25) is 0 Å². The number of carbonyl (C=O) groups excluding carboxylic acids is 1. The third-order valence-electron chi connectivity index (χ3n) is 3.20. The summed E-state index contributed by atoms with van der Waals surface area (Å²) in [6.45, 7) is 0.861. The number of hydrogen-bond acceptors (Lipinski definition) is 4.